The molecule has 0 aliphatic rings. The first-order valence-corrected chi connectivity index (χ1v) is 6.29. The number of carbonyl (C=O) groups excluding carboxylic acids is 1. The maximum atomic E-state index is 11.0. The van der Waals surface area contributed by atoms with Gasteiger partial charge in [0.05, 0.1) is 9.82 Å². The standard InChI is InChI=1S/C12H8N2O6S/c13-11(15)6-1-3-9(7(5-6)14(18)19)21-10-4-2-8(20-10)12(16)17/h1-5H,(H2,13,15)(H,16,17). The number of primary amides is 1. The van der Waals surface area contributed by atoms with E-state index in [9.17, 15) is 19.7 Å². The highest BCUT2D eigenvalue weighted by Crippen LogP contribution is 2.36. The molecule has 1 amide bonds. The first-order chi connectivity index (χ1) is 9.88. The van der Waals surface area contributed by atoms with Crippen molar-refractivity contribution in [1.82, 2.24) is 0 Å². The number of nitrogens with zero attached hydrogens (tertiary/aromatic N) is 1. The molecule has 108 valence electrons. The summed E-state index contributed by atoms with van der Waals surface area (Å²) in [6.45, 7) is 0. The number of carboxylic acids is 1. The second kappa shape index (κ2) is 5.67. The van der Waals surface area contributed by atoms with Crippen LogP contribution < -0.4 is 5.73 Å². The molecule has 1 aromatic heterocycles. The lowest BCUT2D eigenvalue weighted by molar-refractivity contribution is -0.387. The van der Waals surface area contributed by atoms with Crippen molar-refractivity contribution in [3.63, 3.8) is 0 Å². The number of hydrogen-bond acceptors (Lipinski definition) is 6. The molecule has 0 saturated heterocycles. The van der Waals surface area contributed by atoms with Gasteiger partial charge in [-0.15, -0.1) is 0 Å². The van der Waals surface area contributed by atoms with Gasteiger partial charge in [0.2, 0.25) is 11.7 Å². The van der Waals surface area contributed by atoms with Crippen LogP contribution in [0, 0.1) is 10.1 Å². The van der Waals surface area contributed by atoms with E-state index < -0.39 is 16.8 Å². The monoisotopic (exact) mass is 308 g/mol. The summed E-state index contributed by atoms with van der Waals surface area (Å²) in [5.74, 6) is -2.28. The van der Waals surface area contributed by atoms with E-state index in [1.165, 1.54) is 24.3 Å². The van der Waals surface area contributed by atoms with E-state index in [1.807, 2.05) is 0 Å². The Balaban J connectivity index is 2.36. The summed E-state index contributed by atoms with van der Waals surface area (Å²) in [7, 11) is 0. The topological polar surface area (TPSA) is 137 Å². The Kier molecular flexibility index (Phi) is 3.94. The summed E-state index contributed by atoms with van der Waals surface area (Å²) in [6.07, 6.45) is 0. The van der Waals surface area contributed by atoms with Gasteiger partial charge in [-0.1, -0.05) is 0 Å². The number of nitro benzene ring substituents is 1. The number of rotatable bonds is 5. The fourth-order valence-corrected chi connectivity index (χ4v) is 2.36. The van der Waals surface area contributed by atoms with Gasteiger partial charge < -0.3 is 15.3 Å². The lowest BCUT2D eigenvalue weighted by Crippen LogP contribution is -2.11. The average molecular weight is 308 g/mol. The van der Waals surface area contributed by atoms with E-state index in [2.05, 4.69) is 0 Å². The Morgan fingerprint density at radius 3 is 2.52 bits per heavy atom. The zero-order valence-corrected chi connectivity index (χ0v) is 11.1. The van der Waals surface area contributed by atoms with Crippen molar-refractivity contribution in [3.05, 3.63) is 51.8 Å². The van der Waals surface area contributed by atoms with Crippen molar-refractivity contribution in [2.45, 2.75) is 9.99 Å². The van der Waals surface area contributed by atoms with E-state index in [0.717, 1.165) is 17.8 Å². The van der Waals surface area contributed by atoms with Gasteiger partial charge in [0.25, 0.3) is 5.69 Å². The number of aromatic carboxylic acids is 1. The summed E-state index contributed by atoms with van der Waals surface area (Å²) >= 11 is 0.877. The highest BCUT2D eigenvalue weighted by atomic mass is 32.2. The van der Waals surface area contributed by atoms with Gasteiger partial charge in [-0.2, -0.15) is 0 Å². The van der Waals surface area contributed by atoms with Crippen LogP contribution in [0.4, 0.5) is 5.69 Å². The molecule has 2 rings (SSSR count). The molecule has 0 radical (unpaired) electrons. The third-order valence-corrected chi connectivity index (χ3v) is 3.43. The number of carboxylic acid groups (broad SMARTS) is 1. The first-order valence-electron chi connectivity index (χ1n) is 5.47. The predicted octanol–water partition coefficient (Wildman–Crippen LogP) is 2.14. The normalized spacial score (nSPS) is 10.3. The van der Waals surface area contributed by atoms with Gasteiger partial charge in [0, 0.05) is 11.6 Å². The van der Waals surface area contributed by atoms with Crippen molar-refractivity contribution in [1.29, 1.82) is 0 Å². The summed E-state index contributed by atoms with van der Waals surface area (Å²) in [5, 5.41) is 19.9. The second-order valence-electron chi connectivity index (χ2n) is 3.83. The molecule has 2 aromatic rings. The maximum Gasteiger partial charge on any atom is 0.371 e. The summed E-state index contributed by atoms with van der Waals surface area (Å²) in [5.41, 5.74) is 4.77. The first kappa shape index (κ1) is 14.6. The van der Waals surface area contributed by atoms with E-state index >= 15 is 0 Å². The molecule has 1 aromatic carbocycles. The van der Waals surface area contributed by atoms with Gasteiger partial charge in [-0.3, -0.25) is 14.9 Å². The lowest BCUT2D eigenvalue weighted by atomic mass is 10.2. The maximum absolute atomic E-state index is 11.0. The average Bonchev–Trinajstić information content (AvgIpc) is 2.87. The largest absolute Gasteiger partial charge is 0.475 e. The Morgan fingerprint density at radius 2 is 2.00 bits per heavy atom. The Morgan fingerprint density at radius 1 is 1.29 bits per heavy atom. The Hall–Kier alpha value is -2.81. The zero-order valence-electron chi connectivity index (χ0n) is 10.3. The van der Waals surface area contributed by atoms with E-state index in [-0.39, 0.29) is 27.0 Å². The molecule has 21 heavy (non-hydrogen) atoms. The second-order valence-corrected chi connectivity index (χ2v) is 4.88. The molecular formula is C12H8N2O6S. The zero-order chi connectivity index (χ0) is 15.6. The van der Waals surface area contributed by atoms with Crippen molar-refractivity contribution in [2.75, 3.05) is 0 Å². The number of benzene rings is 1. The smallest absolute Gasteiger partial charge is 0.371 e. The lowest BCUT2D eigenvalue weighted by Gasteiger charge is -2.02. The minimum Gasteiger partial charge on any atom is -0.475 e. The highest BCUT2D eigenvalue weighted by Gasteiger charge is 2.19. The Bertz CT molecular complexity index is 739. The number of hydrogen-bond donors (Lipinski definition) is 2. The Labute approximate surface area is 121 Å². The van der Waals surface area contributed by atoms with E-state index in [4.69, 9.17) is 15.3 Å². The van der Waals surface area contributed by atoms with Crippen LogP contribution in [0.5, 0.6) is 0 Å². The van der Waals surface area contributed by atoms with Crippen LogP contribution in [0.25, 0.3) is 0 Å². The molecule has 8 nitrogen and oxygen atoms in total. The molecule has 0 bridgehead atoms. The molecule has 1 heterocycles. The fraction of sp³-hybridized carbons (Fsp3) is 0. The van der Waals surface area contributed by atoms with Crippen molar-refractivity contribution >= 4 is 29.3 Å². The molecule has 0 atom stereocenters. The van der Waals surface area contributed by atoms with Crippen LogP contribution in [-0.4, -0.2) is 21.9 Å². The molecule has 3 N–H and O–H groups in total. The highest BCUT2D eigenvalue weighted by molar-refractivity contribution is 7.99. The molecule has 0 fully saturated rings. The molecule has 9 heteroatoms. The molecule has 0 unspecified atom stereocenters. The number of nitro groups is 1. The number of amides is 1. The van der Waals surface area contributed by atoms with Crippen LogP contribution in [-0.2, 0) is 0 Å². The quantitative estimate of drug-likeness (QED) is 0.637. The minimum atomic E-state index is -1.24. The van der Waals surface area contributed by atoms with Crippen LogP contribution >= 0.6 is 11.8 Å². The van der Waals surface area contributed by atoms with Gasteiger partial charge in [-0.05, 0) is 36.0 Å². The van der Waals surface area contributed by atoms with Gasteiger partial charge in [0.15, 0.2) is 5.09 Å². The van der Waals surface area contributed by atoms with E-state index in [1.54, 1.807) is 0 Å². The predicted molar refractivity (Wildman–Crippen MR) is 71.4 cm³/mol. The van der Waals surface area contributed by atoms with Crippen LogP contribution in [0.15, 0.2) is 44.7 Å². The number of nitrogens with two attached hydrogens (primary N) is 1. The van der Waals surface area contributed by atoms with E-state index in [0.29, 0.717) is 0 Å². The SMILES string of the molecule is NC(=O)c1ccc(Sc2ccc(C(=O)O)o2)c([N+](=O)[O-])c1. The van der Waals surface area contributed by atoms with Crippen LogP contribution in [0.3, 0.4) is 0 Å². The summed E-state index contributed by atoms with van der Waals surface area (Å²) in [4.78, 5) is 32.3. The van der Waals surface area contributed by atoms with Gasteiger partial charge in [0.1, 0.15) is 0 Å². The van der Waals surface area contributed by atoms with Crippen LogP contribution in [0.2, 0.25) is 0 Å². The van der Waals surface area contributed by atoms with Crippen molar-refractivity contribution in [3.8, 4) is 0 Å². The molecular weight excluding hydrogens is 300 g/mol. The van der Waals surface area contributed by atoms with Crippen molar-refractivity contribution < 1.29 is 24.0 Å². The summed E-state index contributed by atoms with van der Waals surface area (Å²) in [6, 6.07) is 6.39. The molecule has 0 aliphatic carbocycles. The van der Waals surface area contributed by atoms with Gasteiger partial charge >= 0.3 is 5.97 Å². The van der Waals surface area contributed by atoms with Gasteiger partial charge in [-0.25, -0.2) is 4.79 Å². The number of carbonyl (C=O) groups is 2. The van der Waals surface area contributed by atoms with Crippen molar-refractivity contribution in [2.24, 2.45) is 5.73 Å². The third-order valence-electron chi connectivity index (χ3n) is 2.44. The fourth-order valence-electron chi connectivity index (χ4n) is 1.50. The minimum absolute atomic E-state index is 0.0109. The van der Waals surface area contributed by atoms with Crippen LogP contribution in [0.1, 0.15) is 20.9 Å². The summed E-state index contributed by atoms with van der Waals surface area (Å²) < 4.78 is 5.01. The third kappa shape index (κ3) is 3.20. The number of furan rings is 1. The molecule has 0 aliphatic heterocycles. The molecule has 0 spiro atoms. The molecule has 0 saturated carbocycles.